The Morgan fingerprint density at radius 3 is 2.55 bits per heavy atom. The predicted molar refractivity (Wildman–Crippen MR) is 106 cm³/mol. The Bertz CT molecular complexity index is 1160. The lowest BCUT2D eigenvalue weighted by Gasteiger charge is -2.26. The molecule has 0 bridgehead atoms. The summed E-state index contributed by atoms with van der Waals surface area (Å²) < 4.78 is 14.3. The summed E-state index contributed by atoms with van der Waals surface area (Å²) in [4.78, 5) is 36.3. The monoisotopic (exact) mass is 396 g/mol. The normalized spacial score (nSPS) is 15.2. The molecule has 0 fully saturated rings. The highest BCUT2D eigenvalue weighted by Gasteiger charge is 2.23. The molecule has 2 amide bonds. The summed E-state index contributed by atoms with van der Waals surface area (Å²) in [6.07, 6.45) is -0.392. The van der Waals surface area contributed by atoms with Crippen molar-refractivity contribution in [1.82, 2.24) is 14.5 Å². The number of hydrogen-bond donors (Lipinski definition) is 2. The van der Waals surface area contributed by atoms with Crippen molar-refractivity contribution in [1.29, 1.82) is 0 Å². The van der Waals surface area contributed by atoms with E-state index >= 15 is 0 Å². The van der Waals surface area contributed by atoms with E-state index in [1.165, 1.54) is 9.13 Å². The number of hydrogen-bond acceptors (Lipinski definition) is 5. The molecule has 0 saturated carbocycles. The number of carbonyl (C=O) groups is 2. The second-order valence-corrected chi connectivity index (χ2v) is 6.77. The Morgan fingerprint density at radius 1 is 1.03 bits per heavy atom. The molecule has 0 saturated heterocycles. The molecule has 29 heavy (non-hydrogen) atoms. The van der Waals surface area contributed by atoms with Crippen molar-refractivity contribution in [2.24, 2.45) is 14.1 Å². The second-order valence-electron chi connectivity index (χ2n) is 6.77. The molecule has 1 aliphatic heterocycles. The molecule has 0 spiro atoms. The van der Waals surface area contributed by atoms with Gasteiger partial charge in [0.25, 0.3) is 0 Å². The molecule has 9 nitrogen and oxygen atoms in total. The minimum atomic E-state index is -0.803. The number of nitrogens with one attached hydrogen (secondary N) is 2. The lowest BCUT2D eigenvalue weighted by molar-refractivity contribution is -0.136. The molecule has 0 unspecified atom stereocenters. The molecular formula is C20H20N4O5. The van der Waals surface area contributed by atoms with Gasteiger partial charge in [-0.15, -0.1) is 0 Å². The van der Waals surface area contributed by atoms with Gasteiger partial charge in [-0.3, -0.25) is 18.7 Å². The predicted octanol–water partition coefficient (Wildman–Crippen LogP) is 0.772. The van der Waals surface area contributed by atoms with Crippen molar-refractivity contribution in [3.8, 4) is 11.5 Å². The first-order chi connectivity index (χ1) is 13.9. The van der Waals surface area contributed by atoms with Gasteiger partial charge >= 0.3 is 17.5 Å². The number of aryl methyl sites for hydroxylation is 2. The summed E-state index contributed by atoms with van der Waals surface area (Å²) in [6, 6.07) is 12.3. The number of ether oxygens (including phenoxy) is 2. The Balaban J connectivity index is 1.36. The minimum absolute atomic E-state index is 0.132. The van der Waals surface area contributed by atoms with E-state index in [1.54, 1.807) is 44.4 Å². The zero-order valence-electron chi connectivity index (χ0n) is 16.0. The zero-order valence-corrected chi connectivity index (χ0v) is 16.0. The first-order valence-corrected chi connectivity index (χ1v) is 9.07. The van der Waals surface area contributed by atoms with E-state index in [-0.39, 0.29) is 18.8 Å². The lowest BCUT2D eigenvalue weighted by atomic mass is 10.2. The summed E-state index contributed by atoms with van der Waals surface area (Å²) in [5.74, 6) is -0.334. The van der Waals surface area contributed by atoms with E-state index in [0.29, 0.717) is 22.7 Å². The van der Waals surface area contributed by atoms with E-state index < -0.39 is 17.9 Å². The van der Waals surface area contributed by atoms with Crippen LogP contribution in [0.3, 0.4) is 0 Å². The number of amides is 2. The molecule has 1 aliphatic rings. The van der Waals surface area contributed by atoms with Gasteiger partial charge in [0.05, 0.1) is 17.6 Å². The van der Waals surface area contributed by atoms with Gasteiger partial charge in [-0.05, 0) is 30.3 Å². The molecule has 2 heterocycles. The van der Waals surface area contributed by atoms with Gasteiger partial charge in [-0.1, -0.05) is 12.1 Å². The highest BCUT2D eigenvalue weighted by Crippen LogP contribution is 2.30. The molecule has 0 radical (unpaired) electrons. The third-order valence-electron chi connectivity index (χ3n) is 4.79. The molecular weight excluding hydrogens is 376 g/mol. The van der Waals surface area contributed by atoms with Crippen molar-refractivity contribution in [3.05, 3.63) is 52.9 Å². The van der Waals surface area contributed by atoms with Gasteiger partial charge in [0, 0.05) is 19.8 Å². The number of benzene rings is 2. The standard InChI is InChI=1S/C20H20N4O5/c1-23-14-8-7-12(9-15(14)24(2)20(23)27)22-19(26)18(25)21-10-13-11-28-16-5-3-4-6-17(16)29-13/h3-9,13H,10-11H2,1-2H3,(H,21,25)(H,22,26)/t13-/m0/s1. The number of nitrogens with zero attached hydrogens (tertiary/aromatic N) is 2. The van der Waals surface area contributed by atoms with E-state index in [4.69, 9.17) is 9.47 Å². The summed E-state index contributed by atoms with van der Waals surface area (Å²) in [6.45, 7) is 0.407. The third kappa shape index (κ3) is 3.54. The molecule has 2 N–H and O–H groups in total. The molecule has 2 aromatic carbocycles. The number of rotatable bonds is 3. The number of carbonyl (C=O) groups excluding carboxylic acids is 2. The number of imidazole rings is 1. The number of anilines is 1. The maximum absolute atomic E-state index is 12.2. The maximum Gasteiger partial charge on any atom is 0.328 e. The van der Waals surface area contributed by atoms with Crippen LogP contribution in [0.25, 0.3) is 11.0 Å². The fourth-order valence-corrected chi connectivity index (χ4v) is 3.22. The summed E-state index contributed by atoms with van der Waals surface area (Å²) in [5, 5.41) is 5.10. The Morgan fingerprint density at radius 2 is 1.76 bits per heavy atom. The van der Waals surface area contributed by atoms with Crippen molar-refractivity contribution >= 4 is 28.5 Å². The van der Waals surface area contributed by atoms with Crippen LogP contribution in [0.15, 0.2) is 47.3 Å². The van der Waals surface area contributed by atoms with Crippen LogP contribution in [0.4, 0.5) is 5.69 Å². The molecule has 4 rings (SSSR count). The zero-order chi connectivity index (χ0) is 20.5. The molecule has 3 aromatic rings. The van der Waals surface area contributed by atoms with Crippen LogP contribution in [0, 0.1) is 0 Å². The average Bonchev–Trinajstić information content (AvgIpc) is 2.95. The molecule has 0 aliphatic carbocycles. The van der Waals surface area contributed by atoms with Crippen LogP contribution in [0.1, 0.15) is 0 Å². The highest BCUT2D eigenvalue weighted by atomic mass is 16.6. The van der Waals surface area contributed by atoms with Crippen LogP contribution in [0.2, 0.25) is 0 Å². The van der Waals surface area contributed by atoms with Gasteiger partial charge in [-0.2, -0.15) is 0 Å². The molecule has 1 atom stereocenters. The van der Waals surface area contributed by atoms with Gasteiger partial charge in [0.15, 0.2) is 11.5 Å². The fourth-order valence-electron chi connectivity index (χ4n) is 3.22. The van der Waals surface area contributed by atoms with E-state index in [1.807, 2.05) is 12.1 Å². The smallest absolute Gasteiger partial charge is 0.328 e. The van der Waals surface area contributed by atoms with Gasteiger partial charge < -0.3 is 20.1 Å². The quantitative estimate of drug-likeness (QED) is 0.637. The van der Waals surface area contributed by atoms with Crippen molar-refractivity contribution in [2.75, 3.05) is 18.5 Å². The van der Waals surface area contributed by atoms with E-state index in [2.05, 4.69) is 10.6 Å². The van der Waals surface area contributed by atoms with E-state index in [0.717, 1.165) is 5.52 Å². The molecule has 1 aromatic heterocycles. The van der Waals surface area contributed by atoms with Crippen LogP contribution in [0.5, 0.6) is 11.5 Å². The van der Waals surface area contributed by atoms with Crippen molar-refractivity contribution in [2.45, 2.75) is 6.10 Å². The SMILES string of the molecule is Cn1c(=O)n(C)c2cc(NC(=O)C(=O)NC[C@H]3COc4ccccc4O3)ccc21. The topological polar surface area (TPSA) is 104 Å². The number of para-hydroxylation sites is 2. The Kier molecular flexibility index (Phi) is 4.71. The maximum atomic E-state index is 12.2. The second kappa shape index (κ2) is 7.34. The first-order valence-electron chi connectivity index (χ1n) is 9.07. The van der Waals surface area contributed by atoms with Crippen molar-refractivity contribution in [3.63, 3.8) is 0 Å². The fraction of sp³-hybridized carbons (Fsp3) is 0.250. The number of aromatic nitrogens is 2. The van der Waals surface area contributed by atoms with E-state index in [9.17, 15) is 14.4 Å². The Labute approximate surface area is 165 Å². The third-order valence-corrected chi connectivity index (χ3v) is 4.79. The van der Waals surface area contributed by atoms with Gasteiger partial charge in [-0.25, -0.2) is 4.79 Å². The van der Waals surface area contributed by atoms with Crippen LogP contribution >= 0.6 is 0 Å². The van der Waals surface area contributed by atoms with Gasteiger partial charge in [0.2, 0.25) is 0 Å². The van der Waals surface area contributed by atoms with Gasteiger partial charge in [0.1, 0.15) is 12.7 Å². The average molecular weight is 396 g/mol. The van der Waals surface area contributed by atoms with Crippen LogP contribution in [-0.4, -0.2) is 40.2 Å². The highest BCUT2D eigenvalue weighted by molar-refractivity contribution is 6.39. The minimum Gasteiger partial charge on any atom is -0.486 e. The Hall–Kier alpha value is -3.75. The van der Waals surface area contributed by atoms with Crippen LogP contribution in [-0.2, 0) is 23.7 Å². The largest absolute Gasteiger partial charge is 0.486 e. The van der Waals surface area contributed by atoms with Crippen molar-refractivity contribution < 1.29 is 19.1 Å². The molecule has 9 heteroatoms. The molecule has 150 valence electrons. The van der Waals surface area contributed by atoms with Crippen LogP contribution < -0.4 is 25.8 Å². The summed E-state index contributed by atoms with van der Waals surface area (Å²) in [5.41, 5.74) is 1.64. The lowest BCUT2D eigenvalue weighted by Crippen LogP contribution is -2.44. The summed E-state index contributed by atoms with van der Waals surface area (Å²) >= 11 is 0. The first kappa shape index (κ1) is 18.6. The summed E-state index contributed by atoms with van der Waals surface area (Å²) in [7, 11) is 3.32. The number of fused-ring (bicyclic) bond motifs is 2.